The van der Waals surface area contributed by atoms with Gasteiger partial charge in [-0.25, -0.2) is 8.42 Å². The van der Waals surface area contributed by atoms with Crippen molar-refractivity contribution in [3.8, 4) is 0 Å². The number of rotatable bonds is 5. The van der Waals surface area contributed by atoms with Gasteiger partial charge in [-0.3, -0.25) is 0 Å². The summed E-state index contributed by atoms with van der Waals surface area (Å²) in [5.41, 5.74) is 0. The number of nitrogens with zero attached hydrogens (tertiary/aromatic N) is 1. The van der Waals surface area contributed by atoms with Gasteiger partial charge in [0, 0.05) is 16.9 Å². The summed E-state index contributed by atoms with van der Waals surface area (Å²) in [7, 11) is -3.23. The first-order valence-electron chi connectivity index (χ1n) is 6.67. The zero-order valence-corrected chi connectivity index (χ0v) is 13.6. The van der Waals surface area contributed by atoms with Crippen molar-refractivity contribution in [3.63, 3.8) is 0 Å². The molecule has 0 unspecified atom stereocenters. The smallest absolute Gasteiger partial charge is 0.179 e. The van der Waals surface area contributed by atoms with Crippen molar-refractivity contribution in [2.45, 2.75) is 17.7 Å². The van der Waals surface area contributed by atoms with Crippen molar-refractivity contribution in [2.24, 2.45) is 5.92 Å². The maximum Gasteiger partial charge on any atom is 0.179 e. The lowest BCUT2D eigenvalue weighted by molar-refractivity contribution is -0.112. The Morgan fingerprint density at radius 3 is 2.35 bits per heavy atom. The van der Waals surface area contributed by atoms with Crippen molar-refractivity contribution < 1.29 is 13.2 Å². The van der Waals surface area contributed by atoms with Crippen LogP contribution in [0.15, 0.2) is 33.6 Å². The Morgan fingerprint density at radius 2 is 1.80 bits per heavy atom. The first-order valence-corrected chi connectivity index (χ1v) is 9.12. The van der Waals surface area contributed by atoms with E-state index in [1.54, 1.807) is 24.3 Å². The largest absolute Gasteiger partial charge is 0.303 e. The third kappa shape index (κ3) is 4.14. The molecule has 0 spiro atoms. The predicted octanol–water partition coefficient (Wildman–Crippen LogP) is 2.13. The van der Waals surface area contributed by atoms with E-state index in [4.69, 9.17) is 0 Å². The van der Waals surface area contributed by atoms with Crippen LogP contribution in [0, 0.1) is 5.92 Å². The second-order valence-corrected chi connectivity index (χ2v) is 8.11. The first kappa shape index (κ1) is 15.7. The van der Waals surface area contributed by atoms with Crippen LogP contribution in [-0.4, -0.2) is 45.0 Å². The second kappa shape index (κ2) is 6.83. The minimum absolute atomic E-state index is 0.125. The van der Waals surface area contributed by atoms with Crippen LogP contribution in [-0.2, 0) is 14.6 Å². The number of hydrogen-bond acceptors (Lipinski definition) is 4. The molecule has 1 aromatic carbocycles. The first-order chi connectivity index (χ1) is 9.51. The normalized spacial score (nSPS) is 18.1. The fourth-order valence-electron chi connectivity index (χ4n) is 2.32. The molecular weight excluding hydrogens is 342 g/mol. The molecule has 1 heterocycles. The number of carbonyl (C=O) groups is 1. The molecule has 0 aliphatic carbocycles. The summed E-state index contributed by atoms with van der Waals surface area (Å²) in [6.45, 7) is 2.14. The molecular formula is C14H18BrNO3S. The van der Waals surface area contributed by atoms with E-state index >= 15 is 0 Å². The van der Waals surface area contributed by atoms with Gasteiger partial charge >= 0.3 is 0 Å². The van der Waals surface area contributed by atoms with Crippen molar-refractivity contribution in [1.82, 2.24) is 4.90 Å². The monoisotopic (exact) mass is 359 g/mol. The summed E-state index contributed by atoms with van der Waals surface area (Å²) in [5.74, 6) is 0.273. The maximum absolute atomic E-state index is 12.2. The van der Waals surface area contributed by atoms with Gasteiger partial charge in [0.25, 0.3) is 0 Å². The highest BCUT2D eigenvalue weighted by atomic mass is 79.9. The van der Waals surface area contributed by atoms with Gasteiger partial charge in [0.1, 0.15) is 6.29 Å². The molecule has 1 aliphatic rings. The molecule has 20 heavy (non-hydrogen) atoms. The molecule has 0 bridgehead atoms. The Balaban J connectivity index is 1.90. The fourth-order valence-corrected chi connectivity index (χ4v) is 3.87. The van der Waals surface area contributed by atoms with Crippen LogP contribution in [0.3, 0.4) is 0 Å². The Kier molecular flexibility index (Phi) is 5.35. The lowest BCUT2D eigenvalue weighted by Gasteiger charge is -2.29. The van der Waals surface area contributed by atoms with Gasteiger partial charge in [0.2, 0.25) is 0 Å². The van der Waals surface area contributed by atoms with Gasteiger partial charge < -0.3 is 9.69 Å². The van der Waals surface area contributed by atoms with Gasteiger partial charge in [-0.05, 0) is 50.2 Å². The predicted molar refractivity (Wildman–Crippen MR) is 81.4 cm³/mol. The number of sulfone groups is 1. The van der Waals surface area contributed by atoms with Gasteiger partial charge in [0.15, 0.2) is 9.84 Å². The van der Waals surface area contributed by atoms with Gasteiger partial charge in [-0.15, -0.1) is 0 Å². The van der Waals surface area contributed by atoms with Crippen LogP contribution in [0.25, 0.3) is 0 Å². The topological polar surface area (TPSA) is 54.5 Å². The molecule has 0 radical (unpaired) electrons. The number of halogens is 1. The summed E-state index contributed by atoms with van der Waals surface area (Å²) < 4.78 is 25.3. The van der Waals surface area contributed by atoms with E-state index in [1.165, 1.54) is 0 Å². The van der Waals surface area contributed by atoms with Gasteiger partial charge in [0.05, 0.1) is 10.6 Å². The molecule has 0 saturated carbocycles. The molecule has 0 amide bonds. The number of benzene rings is 1. The van der Waals surface area contributed by atoms with Crippen LogP contribution in [0.2, 0.25) is 0 Å². The molecule has 0 N–H and O–H groups in total. The van der Waals surface area contributed by atoms with E-state index in [9.17, 15) is 13.2 Å². The van der Waals surface area contributed by atoms with Crippen molar-refractivity contribution in [2.75, 3.05) is 25.4 Å². The van der Waals surface area contributed by atoms with Crippen LogP contribution in [0.5, 0.6) is 0 Å². The minimum Gasteiger partial charge on any atom is -0.303 e. The quantitative estimate of drug-likeness (QED) is 0.755. The molecule has 1 aromatic rings. The number of piperidine rings is 1. The zero-order valence-electron chi connectivity index (χ0n) is 11.2. The molecule has 0 aromatic heterocycles. The fraction of sp³-hybridized carbons (Fsp3) is 0.500. The molecule has 110 valence electrons. The molecule has 2 rings (SSSR count). The number of aldehydes is 1. The number of likely N-dealkylation sites (tertiary alicyclic amines) is 1. The van der Waals surface area contributed by atoms with Gasteiger partial charge in [-0.1, -0.05) is 15.9 Å². The average molecular weight is 360 g/mol. The standard InChI is InChI=1S/C14H18BrNO3S/c15-13-1-3-14(4-2-13)20(18,19)10-9-16-7-5-12(11-17)6-8-16/h1-4,11-12H,5-10H2. The molecule has 1 saturated heterocycles. The summed E-state index contributed by atoms with van der Waals surface area (Å²) in [4.78, 5) is 13.2. The summed E-state index contributed by atoms with van der Waals surface area (Å²) in [6.07, 6.45) is 2.68. The van der Waals surface area contributed by atoms with E-state index in [1.807, 2.05) is 0 Å². The molecule has 4 nitrogen and oxygen atoms in total. The Labute approximate surface area is 128 Å². The number of hydrogen-bond donors (Lipinski definition) is 0. The van der Waals surface area contributed by atoms with Crippen molar-refractivity contribution in [3.05, 3.63) is 28.7 Å². The van der Waals surface area contributed by atoms with E-state index < -0.39 is 9.84 Å². The highest BCUT2D eigenvalue weighted by Crippen LogP contribution is 2.18. The minimum atomic E-state index is -3.23. The average Bonchev–Trinajstić information content (AvgIpc) is 2.46. The van der Waals surface area contributed by atoms with Gasteiger partial charge in [-0.2, -0.15) is 0 Å². The van der Waals surface area contributed by atoms with Crippen LogP contribution in [0.1, 0.15) is 12.8 Å². The van der Waals surface area contributed by atoms with Crippen molar-refractivity contribution >= 4 is 32.1 Å². The molecule has 6 heteroatoms. The van der Waals surface area contributed by atoms with Crippen molar-refractivity contribution in [1.29, 1.82) is 0 Å². The second-order valence-electron chi connectivity index (χ2n) is 5.09. The highest BCUT2D eigenvalue weighted by Gasteiger charge is 2.21. The Morgan fingerprint density at radius 1 is 1.20 bits per heavy atom. The van der Waals surface area contributed by atoms with E-state index in [2.05, 4.69) is 20.8 Å². The molecule has 1 fully saturated rings. The van der Waals surface area contributed by atoms with Crippen LogP contribution in [0.4, 0.5) is 0 Å². The highest BCUT2D eigenvalue weighted by molar-refractivity contribution is 9.10. The maximum atomic E-state index is 12.2. The van der Waals surface area contributed by atoms with Crippen LogP contribution < -0.4 is 0 Å². The SMILES string of the molecule is O=CC1CCN(CCS(=O)(=O)c2ccc(Br)cc2)CC1. The van der Waals surface area contributed by atoms with E-state index in [-0.39, 0.29) is 11.7 Å². The summed E-state index contributed by atoms with van der Waals surface area (Å²) in [6, 6.07) is 6.72. The number of carbonyl (C=O) groups excluding carboxylic acids is 1. The molecule has 1 aliphatic heterocycles. The Bertz CT molecular complexity index is 548. The van der Waals surface area contributed by atoms with Crippen LogP contribution >= 0.6 is 15.9 Å². The zero-order chi connectivity index (χ0) is 14.6. The summed E-state index contributed by atoms with van der Waals surface area (Å²) in [5, 5.41) is 0. The third-order valence-electron chi connectivity index (χ3n) is 3.67. The lowest BCUT2D eigenvalue weighted by atomic mass is 9.99. The van der Waals surface area contributed by atoms with E-state index in [0.29, 0.717) is 11.4 Å². The molecule has 0 atom stereocenters. The summed E-state index contributed by atoms with van der Waals surface area (Å²) >= 11 is 3.29. The lowest BCUT2D eigenvalue weighted by Crippen LogP contribution is -2.37. The third-order valence-corrected chi connectivity index (χ3v) is 5.91. The Hall–Kier alpha value is -0.720. The van der Waals surface area contributed by atoms with E-state index in [0.717, 1.165) is 36.7 Å².